The van der Waals surface area contributed by atoms with Gasteiger partial charge in [0.25, 0.3) is 0 Å². The van der Waals surface area contributed by atoms with E-state index in [1.807, 2.05) is 28.7 Å². The highest BCUT2D eigenvalue weighted by atomic mass is 127. The Labute approximate surface area is 202 Å². The number of benzene rings is 1. The number of hydrogen-bond acceptors (Lipinski definition) is 3. The summed E-state index contributed by atoms with van der Waals surface area (Å²) in [7, 11) is 2.00. The van der Waals surface area contributed by atoms with Crippen LogP contribution in [0.3, 0.4) is 0 Å². The van der Waals surface area contributed by atoms with Crippen molar-refractivity contribution in [1.82, 2.24) is 30.2 Å². The minimum atomic E-state index is 0. The molecule has 0 saturated carbocycles. The predicted molar refractivity (Wildman–Crippen MR) is 137 cm³/mol. The number of nitrogens with zero attached hydrogens (tertiary/aromatic N) is 5. The molecule has 0 fully saturated rings. The molecule has 7 nitrogen and oxygen atoms in total. The lowest BCUT2D eigenvalue weighted by Gasteiger charge is -2.18. The quantitative estimate of drug-likeness (QED) is 0.263. The van der Waals surface area contributed by atoms with Crippen LogP contribution in [0.2, 0.25) is 0 Å². The van der Waals surface area contributed by atoms with Crippen LogP contribution in [-0.4, -0.2) is 38.1 Å². The Hall–Kier alpha value is -2.36. The van der Waals surface area contributed by atoms with Crippen LogP contribution in [0.25, 0.3) is 0 Å². The Morgan fingerprint density at radius 2 is 1.90 bits per heavy atom. The number of aliphatic imine (C=N–C) groups is 1. The molecule has 3 aromatic rings. The summed E-state index contributed by atoms with van der Waals surface area (Å²) in [4.78, 5) is 4.85. The Morgan fingerprint density at radius 3 is 2.52 bits per heavy atom. The highest BCUT2D eigenvalue weighted by Gasteiger charge is 2.14. The third-order valence-electron chi connectivity index (χ3n) is 5.31. The molecule has 1 aromatic carbocycles. The van der Waals surface area contributed by atoms with Crippen LogP contribution in [0.15, 0.2) is 47.7 Å². The lowest BCUT2D eigenvalue weighted by Crippen LogP contribution is -2.43. The molecule has 0 aliphatic carbocycles. The van der Waals surface area contributed by atoms with Gasteiger partial charge < -0.3 is 10.6 Å². The summed E-state index contributed by atoms with van der Waals surface area (Å²) in [6, 6.07) is 10.6. The van der Waals surface area contributed by atoms with E-state index in [4.69, 9.17) is 4.99 Å². The van der Waals surface area contributed by atoms with Crippen molar-refractivity contribution >= 4 is 29.9 Å². The summed E-state index contributed by atoms with van der Waals surface area (Å²) >= 11 is 0. The molecular weight excluding hydrogens is 501 g/mol. The maximum Gasteiger partial charge on any atom is 0.191 e. The maximum absolute atomic E-state index is 4.85. The van der Waals surface area contributed by atoms with Gasteiger partial charge in [-0.15, -0.1) is 24.0 Å². The van der Waals surface area contributed by atoms with Crippen molar-refractivity contribution < 1.29 is 0 Å². The van der Waals surface area contributed by atoms with E-state index < -0.39 is 0 Å². The molecule has 2 N–H and O–H groups in total. The number of hydrogen-bond donors (Lipinski definition) is 2. The van der Waals surface area contributed by atoms with Crippen LogP contribution in [0, 0.1) is 13.8 Å². The van der Waals surface area contributed by atoms with Crippen LogP contribution in [0.1, 0.15) is 41.9 Å². The highest BCUT2D eigenvalue weighted by Crippen LogP contribution is 2.14. The SMILES string of the molecule is CCNC(=NCc1ccccc1Cn1cccn1)NC(C)Cc1c(C)nn(C)c1C.I. The lowest BCUT2D eigenvalue weighted by molar-refractivity contribution is 0.635. The fourth-order valence-corrected chi connectivity index (χ4v) is 3.62. The zero-order chi connectivity index (χ0) is 21.5. The van der Waals surface area contributed by atoms with Gasteiger partial charge in [0.2, 0.25) is 0 Å². The average Bonchev–Trinajstić information content (AvgIpc) is 3.31. The van der Waals surface area contributed by atoms with Crippen molar-refractivity contribution in [3.8, 4) is 0 Å². The van der Waals surface area contributed by atoms with E-state index in [0.29, 0.717) is 6.54 Å². The molecule has 1 unspecified atom stereocenters. The molecule has 0 aliphatic rings. The summed E-state index contributed by atoms with van der Waals surface area (Å²) in [5, 5.41) is 15.8. The molecule has 2 aromatic heterocycles. The average molecular weight is 535 g/mol. The number of halogens is 1. The van der Waals surface area contributed by atoms with Crippen LogP contribution in [0.5, 0.6) is 0 Å². The summed E-state index contributed by atoms with van der Waals surface area (Å²) in [5.41, 5.74) is 6.05. The highest BCUT2D eigenvalue weighted by molar-refractivity contribution is 14.0. The summed E-state index contributed by atoms with van der Waals surface area (Å²) in [6.45, 7) is 10.7. The second kappa shape index (κ2) is 11.9. The molecule has 0 spiro atoms. The number of aryl methyl sites for hydroxylation is 2. The number of nitrogens with one attached hydrogen (secondary N) is 2. The molecule has 3 rings (SSSR count). The van der Waals surface area contributed by atoms with Crippen molar-refractivity contribution in [1.29, 1.82) is 0 Å². The summed E-state index contributed by atoms with van der Waals surface area (Å²) < 4.78 is 3.89. The first-order valence-electron chi connectivity index (χ1n) is 10.6. The molecule has 0 aliphatic heterocycles. The van der Waals surface area contributed by atoms with Crippen LogP contribution in [0.4, 0.5) is 0 Å². The Bertz CT molecular complexity index is 976. The van der Waals surface area contributed by atoms with Gasteiger partial charge in [0.05, 0.1) is 18.8 Å². The van der Waals surface area contributed by atoms with E-state index >= 15 is 0 Å². The van der Waals surface area contributed by atoms with Gasteiger partial charge in [0.15, 0.2) is 5.96 Å². The minimum Gasteiger partial charge on any atom is -0.357 e. The normalized spacial score (nSPS) is 12.4. The van der Waals surface area contributed by atoms with Gasteiger partial charge in [-0.2, -0.15) is 10.2 Å². The zero-order valence-corrected chi connectivity index (χ0v) is 21.4. The molecule has 31 heavy (non-hydrogen) atoms. The summed E-state index contributed by atoms with van der Waals surface area (Å²) in [5.74, 6) is 0.832. The predicted octanol–water partition coefficient (Wildman–Crippen LogP) is 3.59. The van der Waals surface area contributed by atoms with Gasteiger partial charge in [0.1, 0.15) is 0 Å². The fraction of sp³-hybridized carbons (Fsp3) is 0.435. The van der Waals surface area contributed by atoms with Crippen molar-refractivity contribution in [2.75, 3.05) is 6.54 Å². The van der Waals surface area contributed by atoms with Crippen molar-refractivity contribution in [3.63, 3.8) is 0 Å². The summed E-state index contributed by atoms with van der Waals surface area (Å²) in [6.07, 6.45) is 4.70. The molecule has 1 atom stereocenters. The topological polar surface area (TPSA) is 72.1 Å². The second-order valence-electron chi connectivity index (χ2n) is 7.69. The molecule has 168 valence electrons. The molecule has 0 bridgehead atoms. The van der Waals surface area contributed by atoms with Crippen molar-refractivity contribution in [2.45, 2.75) is 53.2 Å². The monoisotopic (exact) mass is 535 g/mol. The van der Waals surface area contributed by atoms with E-state index in [9.17, 15) is 0 Å². The van der Waals surface area contributed by atoms with Gasteiger partial charge in [-0.25, -0.2) is 4.99 Å². The lowest BCUT2D eigenvalue weighted by atomic mass is 10.1. The third-order valence-corrected chi connectivity index (χ3v) is 5.31. The van der Waals surface area contributed by atoms with Gasteiger partial charge in [-0.1, -0.05) is 24.3 Å². The maximum atomic E-state index is 4.85. The van der Waals surface area contributed by atoms with Crippen molar-refractivity contribution in [2.24, 2.45) is 12.0 Å². The van der Waals surface area contributed by atoms with E-state index in [2.05, 4.69) is 72.8 Å². The van der Waals surface area contributed by atoms with E-state index in [-0.39, 0.29) is 30.0 Å². The van der Waals surface area contributed by atoms with Gasteiger partial charge >= 0.3 is 0 Å². The van der Waals surface area contributed by atoms with E-state index in [1.165, 1.54) is 22.4 Å². The zero-order valence-electron chi connectivity index (χ0n) is 19.1. The fourth-order valence-electron chi connectivity index (χ4n) is 3.62. The first kappa shape index (κ1) is 24.9. The molecular formula is C23H34IN7. The number of rotatable bonds is 8. The molecule has 8 heteroatoms. The largest absolute Gasteiger partial charge is 0.357 e. The second-order valence-corrected chi connectivity index (χ2v) is 7.69. The van der Waals surface area contributed by atoms with Crippen LogP contribution < -0.4 is 10.6 Å². The Balaban J connectivity index is 0.00000341. The number of guanidine groups is 1. The number of aromatic nitrogens is 4. The third kappa shape index (κ3) is 6.81. The molecule has 2 heterocycles. The standard InChI is InChI=1S/C23H33N7.HI/c1-6-24-23(27-17(2)14-22-18(3)28-29(5)19(22)4)25-15-20-10-7-8-11-21(20)16-30-13-9-12-26-30;/h7-13,17H,6,14-16H2,1-5H3,(H2,24,25,27);1H. The van der Waals surface area contributed by atoms with Crippen LogP contribution >= 0.6 is 24.0 Å². The van der Waals surface area contributed by atoms with Gasteiger partial charge in [0, 0.05) is 37.7 Å². The minimum absolute atomic E-state index is 0. The molecule has 0 radical (unpaired) electrons. The van der Waals surface area contributed by atoms with Gasteiger partial charge in [-0.05, 0) is 56.9 Å². The molecule has 0 amide bonds. The Kier molecular flexibility index (Phi) is 9.54. The van der Waals surface area contributed by atoms with Gasteiger partial charge in [-0.3, -0.25) is 9.36 Å². The van der Waals surface area contributed by atoms with E-state index in [1.54, 1.807) is 6.20 Å². The van der Waals surface area contributed by atoms with E-state index in [0.717, 1.165) is 31.2 Å². The Morgan fingerprint density at radius 1 is 1.16 bits per heavy atom. The smallest absolute Gasteiger partial charge is 0.191 e. The van der Waals surface area contributed by atoms with Crippen molar-refractivity contribution in [3.05, 3.63) is 70.8 Å². The molecule has 0 saturated heterocycles. The first-order valence-corrected chi connectivity index (χ1v) is 10.6. The first-order chi connectivity index (χ1) is 14.5. The van der Waals surface area contributed by atoms with Crippen LogP contribution in [-0.2, 0) is 26.6 Å².